The van der Waals surface area contributed by atoms with Crippen molar-refractivity contribution in [2.75, 3.05) is 0 Å². The SMILES string of the molecule is CC(=N)C(C#N)C(=O)O. The minimum absolute atomic E-state index is 0.134. The summed E-state index contributed by atoms with van der Waals surface area (Å²) < 4.78 is 0. The topological polar surface area (TPSA) is 84.9 Å². The third-order valence-electron chi connectivity index (χ3n) is 0.809. The summed E-state index contributed by atoms with van der Waals surface area (Å²) >= 11 is 0. The highest BCUT2D eigenvalue weighted by Gasteiger charge is 2.17. The van der Waals surface area contributed by atoms with Crippen LogP contribution < -0.4 is 0 Å². The Labute approximate surface area is 52.2 Å². The zero-order valence-corrected chi connectivity index (χ0v) is 4.88. The van der Waals surface area contributed by atoms with Gasteiger partial charge in [-0.1, -0.05) is 0 Å². The molecule has 1 unspecified atom stereocenters. The molecule has 0 aromatic heterocycles. The van der Waals surface area contributed by atoms with Crippen LogP contribution in [-0.2, 0) is 4.79 Å². The second-order valence-corrected chi connectivity index (χ2v) is 1.58. The summed E-state index contributed by atoms with van der Waals surface area (Å²) in [7, 11) is 0. The Balaban J connectivity index is 4.22. The van der Waals surface area contributed by atoms with Crippen LogP contribution in [0.4, 0.5) is 0 Å². The van der Waals surface area contributed by atoms with Gasteiger partial charge in [0.25, 0.3) is 0 Å². The second kappa shape index (κ2) is 2.82. The minimum atomic E-state index is -1.27. The molecule has 0 bridgehead atoms. The van der Waals surface area contributed by atoms with Crippen LogP contribution in [0.5, 0.6) is 0 Å². The summed E-state index contributed by atoms with van der Waals surface area (Å²) in [4.78, 5) is 10.0. The van der Waals surface area contributed by atoms with Gasteiger partial charge in [-0.25, -0.2) is 0 Å². The molecule has 0 aliphatic heterocycles. The smallest absolute Gasteiger partial charge is 0.326 e. The Kier molecular flexibility index (Phi) is 2.39. The molecular weight excluding hydrogens is 120 g/mol. The average Bonchev–Trinajstić information content (AvgIpc) is 1.64. The molecule has 0 fully saturated rings. The van der Waals surface area contributed by atoms with Crippen molar-refractivity contribution in [1.29, 1.82) is 10.7 Å². The van der Waals surface area contributed by atoms with E-state index in [1.165, 1.54) is 13.0 Å². The van der Waals surface area contributed by atoms with Gasteiger partial charge in [0.1, 0.15) is 0 Å². The predicted octanol–water partition coefficient (Wildman–Crippen LogP) is 0.250. The average molecular weight is 126 g/mol. The fourth-order valence-electron chi connectivity index (χ4n) is 0.337. The van der Waals surface area contributed by atoms with E-state index in [-0.39, 0.29) is 5.71 Å². The van der Waals surface area contributed by atoms with Crippen molar-refractivity contribution in [1.82, 2.24) is 0 Å². The van der Waals surface area contributed by atoms with Crippen molar-refractivity contribution >= 4 is 11.7 Å². The zero-order chi connectivity index (χ0) is 7.44. The molecule has 0 aliphatic rings. The molecule has 0 saturated carbocycles. The Bertz CT molecular complexity index is 166. The summed E-state index contributed by atoms with van der Waals surface area (Å²) in [5.74, 6) is -2.53. The van der Waals surface area contributed by atoms with Crippen molar-refractivity contribution in [3.8, 4) is 6.07 Å². The van der Waals surface area contributed by atoms with E-state index in [1.54, 1.807) is 0 Å². The molecule has 4 nitrogen and oxygen atoms in total. The predicted molar refractivity (Wildman–Crippen MR) is 30.1 cm³/mol. The van der Waals surface area contributed by atoms with E-state index in [2.05, 4.69) is 0 Å². The fourth-order valence-corrected chi connectivity index (χ4v) is 0.337. The molecular formula is C5H6N2O2. The first kappa shape index (κ1) is 7.63. The Morgan fingerprint density at radius 3 is 2.33 bits per heavy atom. The van der Waals surface area contributed by atoms with Gasteiger partial charge in [0.2, 0.25) is 0 Å². The van der Waals surface area contributed by atoms with E-state index < -0.39 is 11.9 Å². The Morgan fingerprint density at radius 2 is 2.33 bits per heavy atom. The van der Waals surface area contributed by atoms with E-state index in [0.717, 1.165) is 0 Å². The molecule has 0 rings (SSSR count). The van der Waals surface area contributed by atoms with Gasteiger partial charge in [-0.05, 0) is 6.92 Å². The lowest BCUT2D eigenvalue weighted by atomic mass is 10.1. The van der Waals surface area contributed by atoms with E-state index in [0.29, 0.717) is 0 Å². The van der Waals surface area contributed by atoms with Crippen molar-refractivity contribution in [2.24, 2.45) is 5.92 Å². The van der Waals surface area contributed by atoms with Crippen LogP contribution in [0.2, 0.25) is 0 Å². The molecule has 0 heterocycles. The largest absolute Gasteiger partial charge is 0.480 e. The maximum absolute atomic E-state index is 10.0. The molecule has 0 amide bonds. The highest BCUT2D eigenvalue weighted by atomic mass is 16.4. The first-order chi connectivity index (χ1) is 4.09. The summed E-state index contributed by atoms with van der Waals surface area (Å²) in [5.41, 5.74) is -0.134. The number of hydrogen-bond donors (Lipinski definition) is 2. The van der Waals surface area contributed by atoms with Crippen LogP contribution >= 0.6 is 0 Å². The second-order valence-electron chi connectivity index (χ2n) is 1.58. The van der Waals surface area contributed by atoms with Crippen molar-refractivity contribution in [2.45, 2.75) is 6.92 Å². The number of nitrogens with zero attached hydrogens (tertiary/aromatic N) is 1. The van der Waals surface area contributed by atoms with Crippen molar-refractivity contribution < 1.29 is 9.90 Å². The maximum Gasteiger partial charge on any atom is 0.326 e. The zero-order valence-electron chi connectivity index (χ0n) is 4.88. The summed E-state index contributed by atoms with van der Waals surface area (Å²) in [6.45, 7) is 1.29. The first-order valence-corrected chi connectivity index (χ1v) is 2.27. The van der Waals surface area contributed by atoms with Crippen LogP contribution in [0, 0.1) is 22.7 Å². The molecule has 0 spiro atoms. The third kappa shape index (κ3) is 1.91. The van der Waals surface area contributed by atoms with Crippen LogP contribution in [0.1, 0.15) is 6.92 Å². The fraction of sp³-hybridized carbons (Fsp3) is 0.400. The lowest BCUT2D eigenvalue weighted by molar-refractivity contribution is -0.137. The number of carboxylic acid groups (broad SMARTS) is 1. The molecule has 2 N–H and O–H groups in total. The van der Waals surface area contributed by atoms with Crippen molar-refractivity contribution in [3.63, 3.8) is 0 Å². The Morgan fingerprint density at radius 1 is 1.89 bits per heavy atom. The monoisotopic (exact) mass is 126 g/mol. The summed E-state index contributed by atoms with van der Waals surface area (Å²) in [5, 5.41) is 23.1. The molecule has 48 valence electrons. The molecule has 0 aromatic carbocycles. The van der Waals surface area contributed by atoms with E-state index in [9.17, 15) is 4.79 Å². The van der Waals surface area contributed by atoms with Gasteiger partial charge in [0.15, 0.2) is 5.92 Å². The quantitative estimate of drug-likeness (QED) is 0.520. The highest BCUT2D eigenvalue weighted by molar-refractivity contribution is 6.01. The van der Waals surface area contributed by atoms with Gasteiger partial charge >= 0.3 is 5.97 Å². The normalized spacial score (nSPS) is 11.6. The van der Waals surface area contributed by atoms with Gasteiger partial charge < -0.3 is 10.5 Å². The standard InChI is InChI=1S/C5H6N2O2/c1-3(7)4(2-6)5(8)9/h4,7H,1H3,(H,8,9). The van der Waals surface area contributed by atoms with Crippen LogP contribution in [0.15, 0.2) is 0 Å². The first-order valence-electron chi connectivity index (χ1n) is 2.27. The third-order valence-corrected chi connectivity index (χ3v) is 0.809. The molecule has 0 aromatic rings. The van der Waals surface area contributed by atoms with Crippen LogP contribution in [-0.4, -0.2) is 16.8 Å². The van der Waals surface area contributed by atoms with Gasteiger partial charge in [-0.3, -0.25) is 4.79 Å². The number of nitrogens with one attached hydrogen (secondary N) is 1. The lowest BCUT2D eigenvalue weighted by Gasteiger charge is -1.96. The highest BCUT2D eigenvalue weighted by Crippen LogP contribution is 1.94. The number of hydrogen-bond acceptors (Lipinski definition) is 3. The number of aliphatic carboxylic acids is 1. The number of carboxylic acids is 1. The van der Waals surface area contributed by atoms with E-state index in [1.807, 2.05) is 0 Å². The van der Waals surface area contributed by atoms with E-state index >= 15 is 0 Å². The molecule has 1 atom stereocenters. The number of rotatable bonds is 2. The van der Waals surface area contributed by atoms with Crippen LogP contribution in [0.3, 0.4) is 0 Å². The molecule has 4 heteroatoms. The van der Waals surface area contributed by atoms with Gasteiger partial charge in [-0.2, -0.15) is 5.26 Å². The molecule has 0 saturated heterocycles. The molecule has 0 radical (unpaired) electrons. The lowest BCUT2D eigenvalue weighted by Crippen LogP contribution is -2.18. The number of carbonyl (C=O) groups is 1. The van der Waals surface area contributed by atoms with Crippen molar-refractivity contribution in [3.05, 3.63) is 0 Å². The number of nitriles is 1. The Hall–Kier alpha value is -1.37. The molecule has 0 aliphatic carbocycles. The van der Waals surface area contributed by atoms with Gasteiger partial charge in [0, 0.05) is 5.71 Å². The minimum Gasteiger partial charge on any atom is -0.480 e. The van der Waals surface area contributed by atoms with Gasteiger partial charge in [0.05, 0.1) is 6.07 Å². The van der Waals surface area contributed by atoms with Crippen LogP contribution in [0.25, 0.3) is 0 Å². The summed E-state index contributed by atoms with van der Waals surface area (Å²) in [6, 6.07) is 1.48. The van der Waals surface area contributed by atoms with Gasteiger partial charge in [-0.15, -0.1) is 0 Å². The maximum atomic E-state index is 10.0. The molecule has 9 heavy (non-hydrogen) atoms. The summed E-state index contributed by atoms with van der Waals surface area (Å²) in [6.07, 6.45) is 0. The van der Waals surface area contributed by atoms with E-state index in [4.69, 9.17) is 15.8 Å².